The summed E-state index contributed by atoms with van der Waals surface area (Å²) in [7, 11) is 1.73. The van der Waals surface area contributed by atoms with Crippen LogP contribution in [0.25, 0.3) is 0 Å². The molecule has 13 heavy (non-hydrogen) atoms. The van der Waals surface area contributed by atoms with Crippen molar-refractivity contribution in [2.45, 2.75) is 38.7 Å². The Bertz CT molecular complexity index is 189. The van der Waals surface area contributed by atoms with Gasteiger partial charge in [-0.15, -0.1) is 0 Å². The number of piperidine rings is 1. The van der Waals surface area contributed by atoms with Crippen molar-refractivity contribution in [2.24, 2.45) is 0 Å². The molecular weight excluding hydrogens is 164 g/mol. The van der Waals surface area contributed by atoms with Crippen molar-refractivity contribution in [3.63, 3.8) is 0 Å². The zero-order valence-electron chi connectivity index (χ0n) is 8.89. The van der Waals surface area contributed by atoms with E-state index in [0.29, 0.717) is 0 Å². The van der Waals surface area contributed by atoms with E-state index < -0.39 is 0 Å². The van der Waals surface area contributed by atoms with Crippen LogP contribution < -0.4 is 0 Å². The predicted molar refractivity (Wildman–Crippen MR) is 54.2 cm³/mol. The Morgan fingerprint density at radius 3 is 2.69 bits per heavy atom. The molecule has 76 valence electrons. The first-order valence-corrected chi connectivity index (χ1v) is 4.93. The summed E-state index contributed by atoms with van der Waals surface area (Å²) < 4.78 is 5.35. The number of methoxy groups -OCH3 is 1. The molecule has 0 spiro atoms. The molecule has 0 aromatic carbocycles. The molecule has 0 aromatic heterocycles. The molecule has 0 aromatic rings. The molecule has 1 heterocycles. The first-order valence-electron chi connectivity index (χ1n) is 4.93. The minimum atomic E-state index is -0.135. The Labute approximate surface area is 80.6 Å². The molecule has 1 aliphatic rings. The number of hydrogen-bond donors (Lipinski definition) is 1. The summed E-state index contributed by atoms with van der Waals surface area (Å²) in [6, 6.07) is 0. The summed E-state index contributed by atoms with van der Waals surface area (Å²) in [5, 5.41) is 7.77. The molecule has 0 bridgehead atoms. The molecule has 3 nitrogen and oxygen atoms in total. The SMILES string of the molecule is COC(C)(C)CN1CCCCC1=N. The van der Waals surface area contributed by atoms with Crippen LogP contribution in [0.3, 0.4) is 0 Å². The molecule has 0 saturated carbocycles. The maximum Gasteiger partial charge on any atom is 0.0958 e. The maximum absolute atomic E-state index is 7.77. The van der Waals surface area contributed by atoms with Crippen LogP contribution in [0.2, 0.25) is 0 Å². The highest BCUT2D eigenvalue weighted by atomic mass is 16.5. The standard InChI is InChI=1S/C10H20N2O/c1-10(2,13-3)8-12-7-5-4-6-9(12)11/h11H,4-8H2,1-3H3. The zero-order valence-corrected chi connectivity index (χ0v) is 8.89. The first kappa shape index (κ1) is 10.5. The Balaban J connectivity index is 2.47. The Morgan fingerprint density at radius 1 is 1.46 bits per heavy atom. The van der Waals surface area contributed by atoms with Crippen molar-refractivity contribution in [3.8, 4) is 0 Å². The van der Waals surface area contributed by atoms with Gasteiger partial charge in [0.15, 0.2) is 0 Å². The fourth-order valence-corrected chi connectivity index (χ4v) is 1.59. The van der Waals surface area contributed by atoms with E-state index in [0.717, 1.165) is 25.3 Å². The summed E-state index contributed by atoms with van der Waals surface area (Å²) >= 11 is 0. The van der Waals surface area contributed by atoms with Gasteiger partial charge in [-0.25, -0.2) is 0 Å². The summed E-state index contributed by atoms with van der Waals surface area (Å²) in [6.07, 6.45) is 3.31. The van der Waals surface area contributed by atoms with Crippen molar-refractivity contribution in [3.05, 3.63) is 0 Å². The normalized spacial score (nSPS) is 19.3. The minimum absolute atomic E-state index is 0.135. The third kappa shape index (κ3) is 2.99. The lowest BCUT2D eigenvalue weighted by Crippen LogP contribution is -2.45. The van der Waals surface area contributed by atoms with Gasteiger partial charge in [-0.2, -0.15) is 0 Å². The predicted octanol–water partition coefficient (Wildman–Crippen LogP) is 1.87. The summed E-state index contributed by atoms with van der Waals surface area (Å²) in [4.78, 5) is 2.13. The number of nitrogens with zero attached hydrogens (tertiary/aromatic N) is 1. The van der Waals surface area contributed by atoms with E-state index >= 15 is 0 Å². The molecule has 0 unspecified atom stereocenters. The number of hydrogen-bond acceptors (Lipinski definition) is 2. The molecule has 1 rings (SSSR count). The summed E-state index contributed by atoms with van der Waals surface area (Å²) in [5.41, 5.74) is -0.135. The summed E-state index contributed by atoms with van der Waals surface area (Å²) in [5.74, 6) is 0.774. The topological polar surface area (TPSA) is 36.3 Å². The van der Waals surface area contributed by atoms with E-state index in [-0.39, 0.29) is 5.60 Å². The highest BCUT2D eigenvalue weighted by Crippen LogP contribution is 2.16. The maximum atomic E-state index is 7.77. The Hall–Kier alpha value is -0.570. The molecular formula is C10H20N2O. The molecule has 1 saturated heterocycles. The third-order valence-electron chi connectivity index (χ3n) is 2.60. The van der Waals surface area contributed by atoms with Crippen LogP contribution in [0.4, 0.5) is 0 Å². The van der Waals surface area contributed by atoms with E-state index in [1.54, 1.807) is 7.11 Å². The lowest BCUT2D eigenvalue weighted by atomic mass is 10.1. The van der Waals surface area contributed by atoms with Crippen LogP contribution >= 0.6 is 0 Å². The van der Waals surface area contributed by atoms with Crippen molar-refractivity contribution < 1.29 is 4.74 Å². The van der Waals surface area contributed by atoms with Gasteiger partial charge >= 0.3 is 0 Å². The second-order valence-corrected chi connectivity index (χ2v) is 4.29. The van der Waals surface area contributed by atoms with Crippen molar-refractivity contribution in [1.82, 2.24) is 4.90 Å². The van der Waals surface area contributed by atoms with Crippen molar-refractivity contribution in [2.75, 3.05) is 20.2 Å². The van der Waals surface area contributed by atoms with Gasteiger partial charge in [0, 0.05) is 26.6 Å². The van der Waals surface area contributed by atoms with E-state index in [2.05, 4.69) is 18.7 Å². The van der Waals surface area contributed by atoms with Crippen LogP contribution in [-0.4, -0.2) is 36.5 Å². The van der Waals surface area contributed by atoms with Crippen LogP contribution in [0, 0.1) is 5.41 Å². The second-order valence-electron chi connectivity index (χ2n) is 4.29. The van der Waals surface area contributed by atoms with Gasteiger partial charge in [0.1, 0.15) is 0 Å². The van der Waals surface area contributed by atoms with Gasteiger partial charge in [0.2, 0.25) is 0 Å². The highest BCUT2D eigenvalue weighted by molar-refractivity contribution is 5.79. The Kier molecular flexibility index (Phi) is 3.31. The average molecular weight is 184 g/mol. The van der Waals surface area contributed by atoms with Gasteiger partial charge in [-0.1, -0.05) is 0 Å². The van der Waals surface area contributed by atoms with E-state index in [1.165, 1.54) is 12.8 Å². The first-order chi connectivity index (χ1) is 6.05. The smallest absolute Gasteiger partial charge is 0.0958 e. The van der Waals surface area contributed by atoms with Crippen LogP contribution in [0.15, 0.2) is 0 Å². The summed E-state index contributed by atoms with van der Waals surface area (Å²) in [6.45, 7) is 5.98. The van der Waals surface area contributed by atoms with Crippen molar-refractivity contribution >= 4 is 5.84 Å². The lowest BCUT2D eigenvalue weighted by Gasteiger charge is -2.35. The second kappa shape index (κ2) is 4.09. The minimum Gasteiger partial charge on any atom is -0.377 e. The highest BCUT2D eigenvalue weighted by Gasteiger charge is 2.24. The van der Waals surface area contributed by atoms with Gasteiger partial charge in [-0.3, -0.25) is 5.41 Å². The lowest BCUT2D eigenvalue weighted by molar-refractivity contribution is 0.00435. The average Bonchev–Trinajstić information content (AvgIpc) is 2.09. The Morgan fingerprint density at radius 2 is 2.15 bits per heavy atom. The molecule has 0 amide bonds. The molecule has 0 atom stereocenters. The van der Waals surface area contributed by atoms with E-state index in [9.17, 15) is 0 Å². The van der Waals surface area contributed by atoms with Crippen LogP contribution in [-0.2, 0) is 4.74 Å². The van der Waals surface area contributed by atoms with Crippen molar-refractivity contribution in [1.29, 1.82) is 5.41 Å². The number of amidine groups is 1. The number of ether oxygens (including phenoxy) is 1. The monoisotopic (exact) mass is 184 g/mol. The fourth-order valence-electron chi connectivity index (χ4n) is 1.59. The van der Waals surface area contributed by atoms with Gasteiger partial charge < -0.3 is 9.64 Å². The van der Waals surface area contributed by atoms with Gasteiger partial charge in [0.25, 0.3) is 0 Å². The third-order valence-corrected chi connectivity index (χ3v) is 2.60. The number of likely N-dealkylation sites (tertiary alicyclic amines) is 1. The number of rotatable bonds is 3. The van der Waals surface area contributed by atoms with E-state index in [1.807, 2.05) is 0 Å². The molecule has 3 heteroatoms. The largest absolute Gasteiger partial charge is 0.377 e. The van der Waals surface area contributed by atoms with Gasteiger partial charge in [0.05, 0.1) is 11.4 Å². The fraction of sp³-hybridized carbons (Fsp3) is 0.900. The molecule has 0 radical (unpaired) electrons. The zero-order chi connectivity index (χ0) is 9.90. The molecule has 1 aliphatic heterocycles. The quantitative estimate of drug-likeness (QED) is 0.727. The van der Waals surface area contributed by atoms with Crippen LogP contribution in [0.5, 0.6) is 0 Å². The molecule has 1 N–H and O–H groups in total. The van der Waals surface area contributed by atoms with E-state index in [4.69, 9.17) is 10.1 Å². The van der Waals surface area contributed by atoms with Gasteiger partial charge in [-0.05, 0) is 26.7 Å². The van der Waals surface area contributed by atoms with Crippen LogP contribution in [0.1, 0.15) is 33.1 Å². The molecule has 1 fully saturated rings. The number of nitrogens with one attached hydrogen (secondary N) is 1. The molecule has 0 aliphatic carbocycles.